The van der Waals surface area contributed by atoms with E-state index in [9.17, 15) is 57.2 Å². The van der Waals surface area contributed by atoms with Crippen molar-refractivity contribution < 1.29 is 67.4 Å². The largest absolute Gasteiger partial charge is 0.478 e. The van der Waals surface area contributed by atoms with Crippen LogP contribution < -0.4 is 9.44 Å². The number of benzene rings is 6. The van der Waals surface area contributed by atoms with Gasteiger partial charge < -0.3 is 10.2 Å². The summed E-state index contributed by atoms with van der Waals surface area (Å²) in [6, 6.07) is 30.5. The number of carbonyl (C=O) groups is 2. The first-order valence-electron chi connectivity index (χ1n) is 18.4. The monoisotopic (exact) mass is 916 g/mol. The molecule has 6 rings (SSSR count). The highest BCUT2D eigenvalue weighted by atomic mass is 32.2. The van der Waals surface area contributed by atoms with Crippen molar-refractivity contribution in [2.75, 3.05) is 9.44 Å². The van der Waals surface area contributed by atoms with Gasteiger partial charge in [0.2, 0.25) is 0 Å². The molecule has 0 spiro atoms. The number of carboxylic acid groups (broad SMARTS) is 2. The van der Waals surface area contributed by atoms with E-state index in [0.717, 1.165) is 17.2 Å². The summed E-state index contributed by atoms with van der Waals surface area (Å²) in [5.74, 6) is -2.69. The first-order valence-corrected chi connectivity index (χ1v) is 21.4. The highest BCUT2D eigenvalue weighted by Crippen LogP contribution is 2.37. The van der Waals surface area contributed by atoms with Crippen molar-refractivity contribution >= 4 is 43.4 Å². The fraction of sp³-hybridized carbons (Fsp3) is 0.136. The molecule has 19 heteroatoms. The summed E-state index contributed by atoms with van der Waals surface area (Å²) in [6.45, 7) is 0. The van der Waals surface area contributed by atoms with Crippen LogP contribution in [0.2, 0.25) is 0 Å². The fourth-order valence-electron chi connectivity index (χ4n) is 6.02. The van der Waals surface area contributed by atoms with Crippen LogP contribution in [0.3, 0.4) is 0 Å². The fourth-order valence-corrected chi connectivity index (χ4v) is 8.22. The molecule has 0 amide bonds. The van der Waals surface area contributed by atoms with Crippen LogP contribution >= 0.6 is 0 Å². The van der Waals surface area contributed by atoms with E-state index < -0.39 is 66.2 Å². The van der Waals surface area contributed by atoms with Crippen molar-refractivity contribution in [3.8, 4) is 0 Å². The SMILES string of the molecule is O=C(O)c1cccc(CCc2cccc(NS(=O)(=O)c3cc(C(F)(F)F)cc(C(F)(F)F)c3)c2)c1.O=C(O)c1cccc(CCc2cccc(NS(=O)(=O)c3cccc(F)c3)c2)c1. The average molecular weight is 917 g/mol. The van der Waals surface area contributed by atoms with Gasteiger partial charge in [-0.25, -0.2) is 30.8 Å². The minimum atomic E-state index is -5.19. The lowest BCUT2D eigenvalue weighted by Gasteiger charge is -2.15. The lowest BCUT2D eigenvalue weighted by Crippen LogP contribution is -2.17. The van der Waals surface area contributed by atoms with Crippen LogP contribution in [-0.4, -0.2) is 39.0 Å². The molecule has 6 aromatic carbocycles. The molecule has 0 saturated heterocycles. The maximum Gasteiger partial charge on any atom is 0.416 e. The Morgan fingerprint density at radius 2 is 0.825 bits per heavy atom. The van der Waals surface area contributed by atoms with E-state index in [4.69, 9.17) is 10.2 Å². The number of hydrogen-bond donors (Lipinski definition) is 4. The zero-order valence-electron chi connectivity index (χ0n) is 32.4. The van der Waals surface area contributed by atoms with Gasteiger partial charge >= 0.3 is 24.3 Å². The summed E-state index contributed by atoms with van der Waals surface area (Å²) in [5, 5.41) is 18.1. The molecular formula is C44H35F7N2O8S2. The van der Waals surface area contributed by atoms with Crippen LogP contribution in [0.5, 0.6) is 0 Å². The van der Waals surface area contributed by atoms with E-state index in [0.29, 0.717) is 42.5 Å². The standard InChI is InChI=1S/C23H17F6NO4S.C21H18FNO4S/c24-22(25,26)17-11-18(23(27,28)29)13-20(12-17)35(33,34)30-19-6-2-4-15(10-19)8-7-14-3-1-5-16(9-14)21(31)32;22-18-7-3-9-20(14-18)28(26,27)23-19-8-2-5-16(13-19)11-10-15-4-1-6-17(12-15)21(24)25/h1-6,9-13,30H,7-8H2,(H,31,32);1-9,12-14,23H,10-11H2,(H,24,25). The number of nitrogens with one attached hydrogen (secondary N) is 2. The maximum absolute atomic E-state index is 13.3. The Labute approximate surface area is 356 Å². The van der Waals surface area contributed by atoms with Crippen molar-refractivity contribution in [3.63, 3.8) is 0 Å². The minimum Gasteiger partial charge on any atom is -0.478 e. The molecule has 0 saturated carbocycles. The van der Waals surface area contributed by atoms with Gasteiger partial charge in [0.15, 0.2) is 0 Å². The smallest absolute Gasteiger partial charge is 0.416 e. The number of carboxylic acids is 2. The summed E-state index contributed by atoms with van der Waals surface area (Å²) >= 11 is 0. The lowest BCUT2D eigenvalue weighted by molar-refractivity contribution is -0.143. The molecule has 0 heterocycles. The Kier molecular flexibility index (Phi) is 14.7. The number of aromatic carboxylic acids is 2. The molecule has 0 aliphatic rings. The van der Waals surface area contributed by atoms with Gasteiger partial charge in [-0.2, -0.15) is 26.3 Å². The second-order valence-electron chi connectivity index (χ2n) is 13.8. The number of halogens is 7. The van der Waals surface area contributed by atoms with Gasteiger partial charge in [-0.3, -0.25) is 9.44 Å². The van der Waals surface area contributed by atoms with E-state index in [1.165, 1.54) is 54.6 Å². The highest BCUT2D eigenvalue weighted by molar-refractivity contribution is 7.93. The first-order chi connectivity index (χ1) is 29.5. The Balaban J connectivity index is 0.000000243. The van der Waals surface area contributed by atoms with Crippen LogP contribution in [0.4, 0.5) is 42.1 Å². The molecule has 0 aromatic heterocycles. The molecule has 63 heavy (non-hydrogen) atoms. The van der Waals surface area contributed by atoms with Crippen molar-refractivity contribution in [1.29, 1.82) is 0 Å². The molecule has 6 aromatic rings. The van der Waals surface area contributed by atoms with E-state index in [-0.39, 0.29) is 39.9 Å². The second-order valence-corrected chi connectivity index (χ2v) is 17.2. The second kappa shape index (κ2) is 19.5. The normalized spacial score (nSPS) is 11.9. The van der Waals surface area contributed by atoms with Crippen LogP contribution in [0.25, 0.3) is 0 Å². The molecule has 4 N–H and O–H groups in total. The zero-order chi connectivity index (χ0) is 46.2. The van der Waals surface area contributed by atoms with E-state index in [1.54, 1.807) is 48.5 Å². The van der Waals surface area contributed by atoms with Crippen LogP contribution in [0, 0.1) is 5.82 Å². The lowest BCUT2D eigenvalue weighted by atomic mass is 10.0. The van der Waals surface area contributed by atoms with Crippen molar-refractivity contribution in [2.24, 2.45) is 0 Å². The number of anilines is 2. The maximum atomic E-state index is 13.3. The van der Waals surface area contributed by atoms with Crippen molar-refractivity contribution in [1.82, 2.24) is 0 Å². The number of aryl methyl sites for hydroxylation is 4. The quantitative estimate of drug-likeness (QED) is 0.0784. The minimum absolute atomic E-state index is 0.0623. The van der Waals surface area contributed by atoms with E-state index >= 15 is 0 Å². The molecule has 0 radical (unpaired) electrons. The molecule has 0 bridgehead atoms. The number of alkyl halides is 6. The van der Waals surface area contributed by atoms with Gasteiger partial charge in [0.1, 0.15) is 5.82 Å². The number of rotatable bonds is 14. The van der Waals surface area contributed by atoms with E-state index in [1.807, 2.05) is 16.9 Å². The number of hydrogen-bond acceptors (Lipinski definition) is 6. The molecular weight excluding hydrogens is 882 g/mol. The van der Waals surface area contributed by atoms with Gasteiger partial charge in [0.05, 0.1) is 32.0 Å². The first kappa shape index (κ1) is 47.3. The Morgan fingerprint density at radius 1 is 0.460 bits per heavy atom. The third-order valence-corrected chi connectivity index (χ3v) is 11.8. The topological polar surface area (TPSA) is 167 Å². The van der Waals surface area contributed by atoms with Crippen molar-refractivity contribution in [3.05, 3.63) is 190 Å². The number of sulfonamides is 2. The molecule has 0 unspecified atom stereocenters. The van der Waals surface area contributed by atoms with Gasteiger partial charge in [0.25, 0.3) is 20.0 Å². The van der Waals surface area contributed by atoms with Gasteiger partial charge in [-0.1, -0.05) is 54.6 Å². The molecule has 0 atom stereocenters. The zero-order valence-corrected chi connectivity index (χ0v) is 34.0. The van der Waals surface area contributed by atoms with Gasteiger partial charge in [-0.15, -0.1) is 0 Å². The molecule has 0 aliphatic carbocycles. The average Bonchev–Trinajstić information content (AvgIpc) is 3.22. The van der Waals surface area contributed by atoms with Crippen LogP contribution in [-0.2, 0) is 58.1 Å². The Morgan fingerprint density at radius 3 is 1.21 bits per heavy atom. The van der Waals surface area contributed by atoms with Crippen LogP contribution in [0.1, 0.15) is 54.1 Å². The molecule has 0 aliphatic heterocycles. The Bertz CT molecular complexity index is 2820. The summed E-state index contributed by atoms with van der Waals surface area (Å²) in [6.07, 6.45) is -8.40. The molecule has 0 fully saturated rings. The third kappa shape index (κ3) is 13.6. The predicted octanol–water partition coefficient (Wildman–Crippen LogP) is 10.1. The van der Waals surface area contributed by atoms with Crippen LogP contribution in [0.15, 0.2) is 149 Å². The third-order valence-electron chi connectivity index (χ3n) is 9.09. The van der Waals surface area contributed by atoms with Gasteiger partial charge in [0, 0.05) is 11.4 Å². The summed E-state index contributed by atoms with van der Waals surface area (Å²) in [4.78, 5) is 20.8. The predicted molar refractivity (Wildman–Crippen MR) is 219 cm³/mol. The van der Waals surface area contributed by atoms with E-state index in [2.05, 4.69) is 4.72 Å². The highest BCUT2D eigenvalue weighted by Gasteiger charge is 2.38. The Hall–Kier alpha value is -6.73. The molecule has 330 valence electrons. The van der Waals surface area contributed by atoms with Crippen molar-refractivity contribution in [2.45, 2.75) is 47.8 Å². The summed E-state index contributed by atoms with van der Waals surface area (Å²) < 4.78 is 146. The molecule has 10 nitrogen and oxygen atoms in total. The summed E-state index contributed by atoms with van der Waals surface area (Å²) in [7, 11) is -8.68. The van der Waals surface area contributed by atoms with Gasteiger partial charge in [-0.05, 0) is 133 Å². The summed E-state index contributed by atoms with van der Waals surface area (Å²) in [5.41, 5.74) is 0.234.